The number of ether oxygens (including phenoxy) is 1. The van der Waals surface area contributed by atoms with Crippen molar-refractivity contribution >= 4 is 68.5 Å². The number of hydrazone groups is 1. The van der Waals surface area contributed by atoms with E-state index < -0.39 is 4.33 Å². The Bertz CT molecular complexity index is 1910. The quantitative estimate of drug-likeness (QED) is 0.145. The van der Waals surface area contributed by atoms with Crippen LogP contribution in [0.25, 0.3) is 16.8 Å². The van der Waals surface area contributed by atoms with Gasteiger partial charge in [-0.2, -0.15) is 5.10 Å². The molecule has 6 nitrogen and oxygen atoms in total. The standard InChI is InChI=1S/C35H25N3O3S2/c1-41-30-20-16-24(17-21-30)22-31-34(40)37(28-12-4-2-5-13-28)35(42-31)38(29-14-6-3-7-15-29)36-33(43-35)32(39)27-19-18-25-10-8-9-11-26(25)23-27/h2-23H,1H3/b31-22+/t35-/m0/s1. The van der Waals surface area contributed by atoms with Gasteiger partial charge in [-0.25, -0.2) is 5.01 Å². The van der Waals surface area contributed by atoms with Crippen LogP contribution in [0.4, 0.5) is 11.4 Å². The highest BCUT2D eigenvalue weighted by atomic mass is 32.2. The number of carbonyl (C=O) groups is 2. The number of anilines is 2. The number of ketones is 1. The third kappa shape index (κ3) is 4.88. The van der Waals surface area contributed by atoms with Gasteiger partial charge >= 0.3 is 0 Å². The van der Waals surface area contributed by atoms with E-state index in [0.717, 1.165) is 27.8 Å². The molecule has 5 aromatic carbocycles. The van der Waals surface area contributed by atoms with Crippen LogP contribution in [0.1, 0.15) is 15.9 Å². The van der Waals surface area contributed by atoms with Crippen LogP contribution in [0, 0.1) is 0 Å². The summed E-state index contributed by atoms with van der Waals surface area (Å²) in [5, 5.41) is 9.08. The van der Waals surface area contributed by atoms with Gasteiger partial charge in [-0.05, 0) is 76.6 Å². The molecule has 1 saturated heterocycles. The number of hydrogen-bond donors (Lipinski definition) is 0. The molecule has 1 fully saturated rings. The summed E-state index contributed by atoms with van der Waals surface area (Å²) in [5.41, 5.74) is 2.89. The predicted octanol–water partition coefficient (Wildman–Crippen LogP) is 8.03. The lowest BCUT2D eigenvalue weighted by Crippen LogP contribution is -2.51. The molecule has 0 saturated carbocycles. The Kier molecular flexibility index (Phi) is 7.01. The molecule has 210 valence electrons. The van der Waals surface area contributed by atoms with E-state index in [1.54, 1.807) is 17.0 Å². The highest BCUT2D eigenvalue weighted by molar-refractivity contribution is 8.29. The van der Waals surface area contributed by atoms with Gasteiger partial charge in [-0.15, -0.1) is 0 Å². The first-order valence-electron chi connectivity index (χ1n) is 13.7. The van der Waals surface area contributed by atoms with E-state index in [1.165, 1.54) is 23.5 Å². The zero-order valence-electron chi connectivity index (χ0n) is 23.1. The van der Waals surface area contributed by atoms with Crippen LogP contribution in [0.5, 0.6) is 5.75 Å². The van der Waals surface area contributed by atoms with Crippen LogP contribution < -0.4 is 14.6 Å². The highest BCUT2D eigenvalue weighted by Gasteiger charge is 2.60. The molecule has 0 radical (unpaired) electrons. The fourth-order valence-corrected chi connectivity index (χ4v) is 8.10. The van der Waals surface area contributed by atoms with Crippen molar-refractivity contribution < 1.29 is 14.3 Å². The first-order valence-corrected chi connectivity index (χ1v) is 15.3. The number of para-hydroxylation sites is 2. The van der Waals surface area contributed by atoms with Gasteiger partial charge < -0.3 is 4.74 Å². The average Bonchev–Trinajstić information content (AvgIpc) is 3.57. The van der Waals surface area contributed by atoms with E-state index in [-0.39, 0.29) is 11.7 Å². The van der Waals surface area contributed by atoms with Gasteiger partial charge in [0.15, 0.2) is 5.04 Å². The number of thioether (sulfide) groups is 2. The largest absolute Gasteiger partial charge is 0.497 e. The molecule has 2 aliphatic rings. The third-order valence-corrected chi connectivity index (χ3v) is 9.98. The monoisotopic (exact) mass is 599 g/mol. The summed E-state index contributed by atoms with van der Waals surface area (Å²) < 4.78 is 4.20. The summed E-state index contributed by atoms with van der Waals surface area (Å²) in [4.78, 5) is 30.6. The summed E-state index contributed by atoms with van der Waals surface area (Å²) in [6.07, 6.45) is 1.88. The zero-order valence-corrected chi connectivity index (χ0v) is 24.7. The van der Waals surface area contributed by atoms with E-state index in [4.69, 9.17) is 9.84 Å². The molecule has 1 spiro atoms. The lowest BCUT2D eigenvalue weighted by Gasteiger charge is -2.38. The lowest BCUT2D eigenvalue weighted by atomic mass is 10.0. The van der Waals surface area contributed by atoms with Crippen molar-refractivity contribution in [2.75, 3.05) is 17.0 Å². The number of rotatable bonds is 6. The molecule has 2 heterocycles. The second-order valence-corrected chi connectivity index (χ2v) is 12.6. The number of fused-ring (bicyclic) bond motifs is 1. The van der Waals surface area contributed by atoms with Gasteiger partial charge in [0.1, 0.15) is 5.75 Å². The molecule has 1 amide bonds. The number of nitrogens with zero attached hydrogens (tertiary/aromatic N) is 3. The van der Waals surface area contributed by atoms with Crippen LogP contribution in [0.2, 0.25) is 0 Å². The van der Waals surface area contributed by atoms with Crippen LogP contribution in [-0.4, -0.2) is 28.2 Å². The van der Waals surface area contributed by atoms with E-state index in [9.17, 15) is 9.59 Å². The predicted molar refractivity (Wildman–Crippen MR) is 177 cm³/mol. The molecule has 1 atom stereocenters. The van der Waals surface area contributed by atoms with Crippen LogP contribution in [0.3, 0.4) is 0 Å². The molecular weight excluding hydrogens is 575 g/mol. The van der Waals surface area contributed by atoms with E-state index >= 15 is 0 Å². The highest BCUT2D eigenvalue weighted by Crippen LogP contribution is 2.59. The van der Waals surface area contributed by atoms with E-state index in [2.05, 4.69) is 0 Å². The number of hydrogen-bond acceptors (Lipinski definition) is 7. The van der Waals surface area contributed by atoms with Crippen LogP contribution >= 0.6 is 23.5 Å². The Morgan fingerprint density at radius 1 is 0.767 bits per heavy atom. The smallest absolute Gasteiger partial charge is 0.268 e. The average molecular weight is 600 g/mol. The maximum Gasteiger partial charge on any atom is 0.268 e. The second-order valence-electron chi connectivity index (χ2n) is 9.95. The van der Waals surface area contributed by atoms with Gasteiger partial charge in [0.05, 0.1) is 17.7 Å². The van der Waals surface area contributed by atoms with Crippen molar-refractivity contribution in [2.45, 2.75) is 4.33 Å². The maximum atomic E-state index is 14.3. The van der Waals surface area contributed by atoms with E-state index in [1.807, 2.05) is 133 Å². The molecule has 43 heavy (non-hydrogen) atoms. The molecule has 0 aromatic heterocycles. The van der Waals surface area contributed by atoms with Crippen molar-refractivity contribution in [3.63, 3.8) is 0 Å². The van der Waals surface area contributed by atoms with Gasteiger partial charge in [-0.3, -0.25) is 14.5 Å². The van der Waals surface area contributed by atoms with Crippen molar-refractivity contribution in [3.8, 4) is 5.75 Å². The summed E-state index contributed by atoms with van der Waals surface area (Å²) in [5.74, 6) is 0.374. The minimum absolute atomic E-state index is 0.171. The van der Waals surface area contributed by atoms with Crippen molar-refractivity contribution in [1.29, 1.82) is 0 Å². The van der Waals surface area contributed by atoms with Crippen molar-refractivity contribution in [3.05, 3.63) is 143 Å². The zero-order chi connectivity index (χ0) is 29.4. The summed E-state index contributed by atoms with van der Waals surface area (Å²) in [6.45, 7) is 0. The van der Waals surface area contributed by atoms with Crippen molar-refractivity contribution in [2.24, 2.45) is 5.10 Å². The van der Waals surface area contributed by atoms with Gasteiger partial charge in [0.2, 0.25) is 10.1 Å². The van der Waals surface area contributed by atoms with Crippen molar-refractivity contribution in [1.82, 2.24) is 0 Å². The number of amides is 1. The minimum Gasteiger partial charge on any atom is -0.497 e. The number of Topliss-reactive ketones (excluding diaryl/α,β-unsaturated/α-hetero) is 1. The molecule has 0 N–H and O–H groups in total. The number of benzene rings is 5. The van der Waals surface area contributed by atoms with Gasteiger partial charge in [0, 0.05) is 11.3 Å². The maximum absolute atomic E-state index is 14.3. The molecule has 0 aliphatic carbocycles. The second kappa shape index (κ2) is 11.1. The first kappa shape index (κ1) is 27.1. The fourth-order valence-electron chi connectivity index (χ4n) is 5.16. The molecular formula is C35H25N3O3S2. The Morgan fingerprint density at radius 2 is 1.42 bits per heavy atom. The Labute approximate surface area is 257 Å². The fraction of sp³-hybridized carbons (Fsp3) is 0.0571. The molecule has 8 heteroatoms. The number of methoxy groups -OCH3 is 1. The number of carbonyl (C=O) groups excluding carboxylic acids is 2. The van der Waals surface area contributed by atoms with E-state index in [0.29, 0.717) is 21.2 Å². The molecule has 5 aromatic rings. The topological polar surface area (TPSA) is 62.2 Å². The van der Waals surface area contributed by atoms with Crippen LogP contribution in [-0.2, 0) is 4.79 Å². The van der Waals surface area contributed by atoms with Crippen LogP contribution in [0.15, 0.2) is 137 Å². The molecule has 2 aliphatic heterocycles. The molecule has 7 rings (SSSR count). The minimum atomic E-state index is -1.11. The van der Waals surface area contributed by atoms with Gasteiger partial charge in [0.25, 0.3) is 5.91 Å². The summed E-state index contributed by atoms with van der Waals surface area (Å²) >= 11 is 2.68. The molecule has 0 bridgehead atoms. The Morgan fingerprint density at radius 3 is 2.12 bits per heavy atom. The Hall–Kier alpha value is -4.79. The normalized spacial score (nSPS) is 19.0. The lowest BCUT2D eigenvalue weighted by molar-refractivity contribution is -0.114. The Balaban J connectivity index is 1.35. The van der Waals surface area contributed by atoms with Gasteiger partial charge in [-0.1, -0.05) is 96.7 Å². The SMILES string of the molecule is COc1ccc(/C=C2/S[C@]3(SC(C(=O)c4ccc5ccccc5c4)=NN3c3ccccc3)N(c3ccccc3)C2=O)cc1. The molecule has 0 unspecified atom stereocenters. The summed E-state index contributed by atoms with van der Waals surface area (Å²) in [6, 6.07) is 40.4. The summed E-state index contributed by atoms with van der Waals surface area (Å²) in [7, 11) is 1.62. The first-order chi connectivity index (χ1) is 21.1. The third-order valence-electron chi connectivity index (χ3n) is 7.26.